The lowest BCUT2D eigenvalue weighted by atomic mass is 10.3. The minimum Gasteiger partial charge on any atom is -0.492 e. The molecule has 2 N–H and O–H groups in total. The van der Waals surface area contributed by atoms with Gasteiger partial charge < -0.3 is 15.4 Å². The lowest BCUT2D eigenvalue weighted by Crippen LogP contribution is -2.39. The van der Waals surface area contributed by atoms with Gasteiger partial charge in [0.25, 0.3) is 0 Å². The second-order valence-electron chi connectivity index (χ2n) is 4.90. The zero-order chi connectivity index (χ0) is 14.2. The predicted molar refractivity (Wildman–Crippen MR) is 99.1 cm³/mol. The number of hydrogen-bond donors (Lipinski definition) is 2. The fourth-order valence-corrected chi connectivity index (χ4v) is 1.94. The highest BCUT2D eigenvalue weighted by atomic mass is 127. The first-order valence-electron chi connectivity index (χ1n) is 7.18. The Morgan fingerprint density at radius 3 is 2.86 bits per heavy atom. The maximum Gasteiger partial charge on any atom is 0.191 e. The molecular weight excluding hydrogens is 401 g/mol. The van der Waals surface area contributed by atoms with Gasteiger partial charge in [0.1, 0.15) is 12.4 Å². The Bertz CT molecular complexity index is 452. The highest BCUT2D eigenvalue weighted by Gasteiger charge is 2.20. The summed E-state index contributed by atoms with van der Waals surface area (Å²) in [4.78, 5) is 4.55. The van der Waals surface area contributed by atoms with Crippen LogP contribution in [0, 0.1) is 5.92 Å². The summed E-state index contributed by atoms with van der Waals surface area (Å²) in [6, 6.07) is 7.43. The number of rotatable bonds is 7. The summed E-state index contributed by atoms with van der Waals surface area (Å²) in [5.41, 5.74) is 0. The van der Waals surface area contributed by atoms with Crippen LogP contribution in [0.5, 0.6) is 5.75 Å². The molecule has 21 heavy (non-hydrogen) atoms. The Kier molecular flexibility index (Phi) is 8.84. The van der Waals surface area contributed by atoms with E-state index in [1.165, 1.54) is 12.8 Å². The number of ether oxygens (including phenoxy) is 1. The molecule has 0 bridgehead atoms. The third kappa shape index (κ3) is 7.76. The Morgan fingerprint density at radius 1 is 1.38 bits per heavy atom. The van der Waals surface area contributed by atoms with E-state index in [1.54, 1.807) is 0 Å². The summed E-state index contributed by atoms with van der Waals surface area (Å²) in [7, 11) is 0. The molecule has 118 valence electrons. The minimum atomic E-state index is 0. The molecule has 1 aliphatic carbocycles. The molecule has 6 heteroatoms. The zero-order valence-electron chi connectivity index (χ0n) is 12.3. The van der Waals surface area contributed by atoms with E-state index < -0.39 is 0 Å². The van der Waals surface area contributed by atoms with Crippen molar-refractivity contribution in [3.8, 4) is 5.75 Å². The molecule has 1 aromatic rings. The molecule has 2 rings (SSSR count). The van der Waals surface area contributed by atoms with Crippen molar-refractivity contribution in [1.82, 2.24) is 10.6 Å². The number of nitrogens with zero attached hydrogens (tertiary/aromatic N) is 1. The molecular formula is C15H23ClIN3O. The lowest BCUT2D eigenvalue weighted by Gasteiger charge is -2.12. The highest BCUT2D eigenvalue weighted by molar-refractivity contribution is 14.0. The maximum absolute atomic E-state index is 5.90. The van der Waals surface area contributed by atoms with Crippen LogP contribution in [0.4, 0.5) is 0 Å². The average Bonchev–Trinajstić information content (AvgIpc) is 3.25. The standard InChI is InChI=1S/C15H22ClN3O.HI/c1-2-17-15(19-11-12-6-7-12)18-8-9-20-14-5-3-4-13(16)10-14;/h3-5,10,12H,2,6-9,11H2,1H3,(H2,17,18,19);1H. The van der Waals surface area contributed by atoms with Crippen molar-refractivity contribution in [1.29, 1.82) is 0 Å². The molecule has 0 aliphatic heterocycles. The van der Waals surface area contributed by atoms with Crippen LogP contribution in [0.3, 0.4) is 0 Å². The first-order valence-corrected chi connectivity index (χ1v) is 7.56. The fourth-order valence-electron chi connectivity index (χ4n) is 1.76. The van der Waals surface area contributed by atoms with Crippen LogP contribution in [-0.2, 0) is 0 Å². The molecule has 0 heterocycles. The van der Waals surface area contributed by atoms with E-state index in [9.17, 15) is 0 Å². The molecule has 0 atom stereocenters. The molecule has 0 spiro atoms. The van der Waals surface area contributed by atoms with Gasteiger partial charge in [-0.25, -0.2) is 0 Å². The highest BCUT2D eigenvalue weighted by Crippen LogP contribution is 2.28. The van der Waals surface area contributed by atoms with Crippen LogP contribution < -0.4 is 15.4 Å². The monoisotopic (exact) mass is 423 g/mol. The van der Waals surface area contributed by atoms with Crippen LogP contribution in [0.2, 0.25) is 5.02 Å². The first kappa shape index (κ1) is 18.4. The van der Waals surface area contributed by atoms with Crippen LogP contribution in [0.25, 0.3) is 0 Å². The molecule has 1 aliphatic rings. The first-order chi connectivity index (χ1) is 9.78. The molecule has 1 saturated carbocycles. The number of nitrogens with one attached hydrogen (secondary N) is 2. The van der Waals surface area contributed by atoms with Crippen LogP contribution in [-0.4, -0.2) is 32.2 Å². The largest absolute Gasteiger partial charge is 0.492 e. The molecule has 1 aromatic carbocycles. The van der Waals surface area contributed by atoms with E-state index in [4.69, 9.17) is 16.3 Å². The number of benzene rings is 1. The van der Waals surface area contributed by atoms with E-state index in [0.29, 0.717) is 18.2 Å². The van der Waals surface area contributed by atoms with E-state index in [0.717, 1.165) is 30.7 Å². The van der Waals surface area contributed by atoms with Gasteiger partial charge in [0.05, 0.1) is 6.54 Å². The van der Waals surface area contributed by atoms with E-state index >= 15 is 0 Å². The van der Waals surface area contributed by atoms with Gasteiger partial charge in [-0.2, -0.15) is 0 Å². The van der Waals surface area contributed by atoms with Crippen molar-refractivity contribution < 1.29 is 4.74 Å². The van der Waals surface area contributed by atoms with E-state index in [1.807, 2.05) is 24.3 Å². The Balaban J connectivity index is 0.00000220. The second kappa shape index (κ2) is 10.1. The zero-order valence-corrected chi connectivity index (χ0v) is 15.4. The van der Waals surface area contributed by atoms with Gasteiger partial charge in [-0.05, 0) is 43.9 Å². The maximum atomic E-state index is 5.90. The third-order valence-electron chi connectivity index (χ3n) is 3.01. The topological polar surface area (TPSA) is 45.7 Å². The molecule has 0 radical (unpaired) electrons. The predicted octanol–water partition coefficient (Wildman–Crippen LogP) is 3.30. The Hall–Kier alpha value is -0.690. The van der Waals surface area contributed by atoms with Gasteiger partial charge >= 0.3 is 0 Å². The summed E-state index contributed by atoms with van der Waals surface area (Å²) in [5, 5.41) is 7.19. The molecule has 0 aromatic heterocycles. The Morgan fingerprint density at radius 2 is 2.19 bits per heavy atom. The van der Waals surface area contributed by atoms with Crippen LogP contribution in [0.15, 0.2) is 29.3 Å². The number of hydrogen-bond acceptors (Lipinski definition) is 2. The third-order valence-corrected chi connectivity index (χ3v) is 3.24. The van der Waals surface area contributed by atoms with Gasteiger partial charge in [-0.1, -0.05) is 17.7 Å². The van der Waals surface area contributed by atoms with E-state index in [2.05, 4.69) is 22.5 Å². The SMILES string of the molecule is CCNC(=NCC1CC1)NCCOc1cccc(Cl)c1.I. The fraction of sp³-hybridized carbons (Fsp3) is 0.533. The van der Waals surface area contributed by atoms with Gasteiger partial charge in [-0.15, -0.1) is 24.0 Å². The van der Waals surface area contributed by atoms with Crippen LogP contribution >= 0.6 is 35.6 Å². The number of guanidine groups is 1. The molecule has 0 saturated heterocycles. The van der Waals surface area contributed by atoms with Crippen molar-refractivity contribution in [3.05, 3.63) is 29.3 Å². The van der Waals surface area contributed by atoms with Gasteiger partial charge in [0.15, 0.2) is 5.96 Å². The minimum absolute atomic E-state index is 0. The van der Waals surface area contributed by atoms with Crippen molar-refractivity contribution >= 4 is 41.5 Å². The lowest BCUT2D eigenvalue weighted by molar-refractivity contribution is 0.322. The summed E-state index contributed by atoms with van der Waals surface area (Å²) < 4.78 is 5.62. The number of aliphatic imine (C=N–C) groups is 1. The van der Waals surface area contributed by atoms with Crippen LogP contribution in [0.1, 0.15) is 19.8 Å². The van der Waals surface area contributed by atoms with Crippen molar-refractivity contribution in [2.24, 2.45) is 10.9 Å². The van der Waals surface area contributed by atoms with Crippen molar-refractivity contribution in [2.45, 2.75) is 19.8 Å². The molecule has 0 amide bonds. The normalized spacial score (nSPS) is 14.3. The number of halogens is 2. The summed E-state index contributed by atoms with van der Waals surface area (Å²) in [5.74, 6) is 2.46. The Labute approximate surface area is 148 Å². The average molecular weight is 424 g/mol. The van der Waals surface area contributed by atoms with Gasteiger partial charge in [-0.3, -0.25) is 4.99 Å². The van der Waals surface area contributed by atoms with Crippen molar-refractivity contribution in [3.63, 3.8) is 0 Å². The van der Waals surface area contributed by atoms with Gasteiger partial charge in [0, 0.05) is 18.1 Å². The summed E-state index contributed by atoms with van der Waals surface area (Å²) in [6.07, 6.45) is 2.64. The summed E-state index contributed by atoms with van der Waals surface area (Å²) >= 11 is 5.90. The van der Waals surface area contributed by atoms with Gasteiger partial charge in [0.2, 0.25) is 0 Å². The molecule has 4 nitrogen and oxygen atoms in total. The molecule has 0 unspecified atom stereocenters. The summed E-state index contributed by atoms with van der Waals surface area (Å²) in [6.45, 7) is 5.14. The van der Waals surface area contributed by atoms with E-state index in [-0.39, 0.29) is 24.0 Å². The molecule has 1 fully saturated rings. The second-order valence-corrected chi connectivity index (χ2v) is 5.33. The van der Waals surface area contributed by atoms with Crippen molar-refractivity contribution in [2.75, 3.05) is 26.2 Å². The smallest absolute Gasteiger partial charge is 0.191 e. The quantitative estimate of drug-likeness (QED) is 0.306.